The molecule has 4 nitrogen and oxygen atoms in total. The van der Waals surface area contributed by atoms with Crippen molar-refractivity contribution in [2.24, 2.45) is 0 Å². The topological polar surface area (TPSA) is 33.7 Å². The van der Waals surface area contributed by atoms with E-state index in [1.54, 1.807) is 0 Å². The minimum atomic E-state index is 0.130. The second kappa shape index (κ2) is 7.73. The highest BCUT2D eigenvalue weighted by atomic mass is 16.5. The van der Waals surface area contributed by atoms with Crippen LogP contribution in [0.2, 0.25) is 0 Å². The third-order valence-electron chi connectivity index (χ3n) is 3.88. The Hall–Kier alpha value is -1.42. The number of ether oxygens (including phenoxy) is 2. The molecule has 0 radical (unpaired) electrons. The summed E-state index contributed by atoms with van der Waals surface area (Å²) in [5.41, 5.74) is 1.09. The van der Waals surface area contributed by atoms with Gasteiger partial charge in [-0.3, -0.25) is 0 Å². The molecule has 1 unspecified atom stereocenters. The lowest BCUT2D eigenvalue weighted by Crippen LogP contribution is -2.31. The Morgan fingerprint density at radius 1 is 1.14 bits per heavy atom. The zero-order chi connectivity index (χ0) is 16.1. The van der Waals surface area contributed by atoms with Gasteiger partial charge in [-0.2, -0.15) is 0 Å². The van der Waals surface area contributed by atoms with Gasteiger partial charge in [-0.1, -0.05) is 0 Å². The van der Waals surface area contributed by atoms with Gasteiger partial charge >= 0.3 is 0 Å². The van der Waals surface area contributed by atoms with Crippen molar-refractivity contribution in [3.63, 3.8) is 0 Å². The first-order valence-corrected chi connectivity index (χ1v) is 8.37. The molecule has 1 aliphatic heterocycles. The second-order valence-electron chi connectivity index (χ2n) is 6.65. The molecule has 2 rings (SSSR count). The molecule has 1 aromatic carbocycles. The Kier molecular flexibility index (Phi) is 5.95. The third kappa shape index (κ3) is 4.80. The van der Waals surface area contributed by atoms with E-state index in [1.165, 1.54) is 19.4 Å². The molecule has 0 spiro atoms. The molecule has 0 amide bonds. The first-order chi connectivity index (χ1) is 10.5. The predicted octanol–water partition coefficient (Wildman–Crippen LogP) is 3.77. The fourth-order valence-electron chi connectivity index (χ4n) is 2.79. The lowest BCUT2D eigenvalue weighted by Gasteiger charge is -2.22. The summed E-state index contributed by atoms with van der Waals surface area (Å²) in [6, 6.07) is 6.74. The summed E-state index contributed by atoms with van der Waals surface area (Å²) in [5, 5.41) is 3.53. The largest absolute Gasteiger partial charge is 0.487 e. The van der Waals surface area contributed by atoms with Crippen LogP contribution in [0, 0.1) is 0 Å². The standard InChI is InChI=1S/C18H30N2O2/c1-13(2)21-17-9-8-15(11-18(17)22-14(3)4)19-12-16-7-6-10-20(16)5/h8-9,11,13-14,16,19H,6-7,10,12H2,1-5H3. The highest BCUT2D eigenvalue weighted by Gasteiger charge is 2.20. The average Bonchev–Trinajstić information content (AvgIpc) is 2.83. The maximum absolute atomic E-state index is 5.90. The molecular formula is C18H30N2O2. The second-order valence-corrected chi connectivity index (χ2v) is 6.65. The smallest absolute Gasteiger partial charge is 0.163 e. The average molecular weight is 306 g/mol. The summed E-state index contributed by atoms with van der Waals surface area (Å²) < 4.78 is 11.7. The van der Waals surface area contributed by atoms with E-state index < -0.39 is 0 Å². The Morgan fingerprint density at radius 3 is 2.41 bits per heavy atom. The van der Waals surface area contributed by atoms with E-state index >= 15 is 0 Å². The van der Waals surface area contributed by atoms with Crippen LogP contribution in [0.15, 0.2) is 18.2 Å². The number of likely N-dealkylation sites (tertiary alicyclic amines) is 1. The van der Waals surface area contributed by atoms with Crippen LogP contribution >= 0.6 is 0 Å². The molecule has 0 saturated carbocycles. The van der Waals surface area contributed by atoms with Crippen molar-refractivity contribution >= 4 is 5.69 Å². The van der Waals surface area contributed by atoms with Gasteiger partial charge in [0.1, 0.15) is 0 Å². The van der Waals surface area contributed by atoms with Gasteiger partial charge in [-0.25, -0.2) is 0 Å². The molecule has 124 valence electrons. The van der Waals surface area contributed by atoms with Crippen molar-refractivity contribution in [2.45, 2.75) is 58.8 Å². The van der Waals surface area contributed by atoms with Gasteiger partial charge in [-0.05, 0) is 66.3 Å². The number of rotatable bonds is 7. The third-order valence-corrected chi connectivity index (χ3v) is 3.88. The first kappa shape index (κ1) is 16.9. The zero-order valence-corrected chi connectivity index (χ0v) is 14.6. The molecule has 1 aromatic rings. The van der Waals surface area contributed by atoms with Gasteiger partial charge in [0.25, 0.3) is 0 Å². The summed E-state index contributed by atoms with van der Waals surface area (Å²) in [6.07, 6.45) is 2.84. The van der Waals surface area contributed by atoms with Crippen molar-refractivity contribution in [3.8, 4) is 11.5 Å². The normalized spacial score (nSPS) is 19.0. The molecule has 1 N–H and O–H groups in total. The summed E-state index contributed by atoms with van der Waals surface area (Å²) in [7, 11) is 2.20. The number of benzene rings is 1. The zero-order valence-electron chi connectivity index (χ0n) is 14.6. The Bertz CT molecular complexity index is 474. The number of hydrogen-bond acceptors (Lipinski definition) is 4. The van der Waals surface area contributed by atoms with Crippen LogP contribution in [0.25, 0.3) is 0 Å². The van der Waals surface area contributed by atoms with Crippen LogP contribution in [0.3, 0.4) is 0 Å². The molecule has 0 aromatic heterocycles. The number of hydrogen-bond donors (Lipinski definition) is 1. The van der Waals surface area contributed by atoms with Crippen LogP contribution in [0.1, 0.15) is 40.5 Å². The van der Waals surface area contributed by atoms with E-state index in [9.17, 15) is 0 Å². The summed E-state index contributed by atoms with van der Waals surface area (Å²) in [4.78, 5) is 2.43. The highest BCUT2D eigenvalue weighted by Crippen LogP contribution is 2.32. The molecule has 1 aliphatic rings. The summed E-state index contributed by atoms with van der Waals surface area (Å²) >= 11 is 0. The van der Waals surface area contributed by atoms with Crippen LogP contribution in [-0.4, -0.2) is 43.3 Å². The minimum absolute atomic E-state index is 0.130. The van der Waals surface area contributed by atoms with Crippen LogP contribution in [0.5, 0.6) is 11.5 Å². The fraction of sp³-hybridized carbons (Fsp3) is 0.667. The van der Waals surface area contributed by atoms with E-state index in [1.807, 2.05) is 39.8 Å². The van der Waals surface area contributed by atoms with Crippen LogP contribution < -0.4 is 14.8 Å². The Morgan fingerprint density at radius 2 is 1.82 bits per heavy atom. The first-order valence-electron chi connectivity index (χ1n) is 8.37. The maximum Gasteiger partial charge on any atom is 0.163 e. The lowest BCUT2D eigenvalue weighted by molar-refractivity contribution is 0.199. The fourth-order valence-corrected chi connectivity index (χ4v) is 2.79. The Labute approximate surface area is 134 Å². The maximum atomic E-state index is 5.90. The molecule has 0 bridgehead atoms. The van der Waals surface area contributed by atoms with Crippen molar-refractivity contribution < 1.29 is 9.47 Å². The van der Waals surface area contributed by atoms with Crippen LogP contribution in [-0.2, 0) is 0 Å². The predicted molar refractivity (Wildman–Crippen MR) is 92.1 cm³/mol. The van der Waals surface area contributed by atoms with Crippen molar-refractivity contribution in [1.82, 2.24) is 4.90 Å². The number of likely N-dealkylation sites (N-methyl/N-ethyl adjacent to an activating group) is 1. The molecule has 1 heterocycles. The number of nitrogens with one attached hydrogen (secondary N) is 1. The number of nitrogens with zero attached hydrogens (tertiary/aromatic N) is 1. The number of anilines is 1. The molecular weight excluding hydrogens is 276 g/mol. The lowest BCUT2D eigenvalue weighted by atomic mass is 10.2. The van der Waals surface area contributed by atoms with Gasteiger partial charge in [0.05, 0.1) is 12.2 Å². The van der Waals surface area contributed by atoms with Crippen molar-refractivity contribution in [2.75, 3.05) is 25.5 Å². The van der Waals surface area contributed by atoms with Gasteiger partial charge in [0, 0.05) is 24.3 Å². The SMILES string of the molecule is CC(C)Oc1ccc(NCC2CCCN2C)cc1OC(C)C. The summed E-state index contributed by atoms with van der Waals surface area (Å²) in [5.74, 6) is 1.63. The van der Waals surface area contributed by atoms with Crippen molar-refractivity contribution in [1.29, 1.82) is 0 Å². The Balaban J connectivity index is 2.04. The molecule has 0 aliphatic carbocycles. The van der Waals surface area contributed by atoms with Gasteiger partial charge in [-0.15, -0.1) is 0 Å². The molecule has 1 fully saturated rings. The highest BCUT2D eigenvalue weighted by molar-refractivity contribution is 5.55. The van der Waals surface area contributed by atoms with Crippen LogP contribution in [0.4, 0.5) is 5.69 Å². The van der Waals surface area contributed by atoms with E-state index in [2.05, 4.69) is 23.3 Å². The van der Waals surface area contributed by atoms with E-state index in [0.29, 0.717) is 6.04 Å². The van der Waals surface area contributed by atoms with E-state index in [4.69, 9.17) is 9.47 Å². The van der Waals surface area contributed by atoms with E-state index in [0.717, 1.165) is 23.7 Å². The minimum Gasteiger partial charge on any atom is -0.487 e. The molecule has 1 atom stereocenters. The van der Waals surface area contributed by atoms with Gasteiger partial charge < -0.3 is 19.7 Å². The van der Waals surface area contributed by atoms with E-state index in [-0.39, 0.29) is 12.2 Å². The van der Waals surface area contributed by atoms with Gasteiger partial charge in [0.2, 0.25) is 0 Å². The monoisotopic (exact) mass is 306 g/mol. The molecule has 22 heavy (non-hydrogen) atoms. The molecule has 1 saturated heterocycles. The summed E-state index contributed by atoms with van der Waals surface area (Å²) in [6.45, 7) is 10.3. The van der Waals surface area contributed by atoms with Crippen molar-refractivity contribution in [3.05, 3.63) is 18.2 Å². The van der Waals surface area contributed by atoms with Gasteiger partial charge in [0.15, 0.2) is 11.5 Å². The molecule has 4 heteroatoms. The quantitative estimate of drug-likeness (QED) is 0.831.